The lowest BCUT2D eigenvalue weighted by Gasteiger charge is -2.22. The van der Waals surface area contributed by atoms with Crippen molar-refractivity contribution < 1.29 is 9.47 Å². The number of rotatable bonds is 4. The number of methoxy groups -OCH3 is 1. The van der Waals surface area contributed by atoms with Crippen molar-refractivity contribution in [2.24, 2.45) is 0 Å². The first-order chi connectivity index (χ1) is 9.78. The number of imidazole rings is 1. The highest BCUT2D eigenvalue weighted by Gasteiger charge is 2.15. The molecule has 20 heavy (non-hydrogen) atoms. The SMILES string of the molecule is COc1ccc2[nH]c(=S)n(CCC3CCCCO3)c2n1. The Kier molecular flexibility index (Phi) is 4.03. The molecule has 1 unspecified atom stereocenters. The Bertz CT molecular complexity index is 643. The Morgan fingerprint density at radius 1 is 1.50 bits per heavy atom. The van der Waals surface area contributed by atoms with E-state index < -0.39 is 0 Å². The lowest BCUT2D eigenvalue weighted by Crippen LogP contribution is -2.20. The van der Waals surface area contributed by atoms with Gasteiger partial charge in [0, 0.05) is 19.2 Å². The number of hydrogen-bond acceptors (Lipinski definition) is 4. The lowest BCUT2D eigenvalue weighted by atomic mass is 10.1. The molecule has 3 rings (SSSR count). The molecular weight excluding hydrogens is 274 g/mol. The normalized spacial score (nSPS) is 19.4. The second kappa shape index (κ2) is 5.93. The Labute approximate surface area is 122 Å². The van der Waals surface area contributed by atoms with Gasteiger partial charge in [0.15, 0.2) is 10.4 Å². The van der Waals surface area contributed by atoms with Crippen LogP contribution in [0.1, 0.15) is 25.7 Å². The summed E-state index contributed by atoms with van der Waals surface area (Å²) < 4.78 is 13.7. The molecule has 0 spiro atoms. The van der Waals surface area contributed by atoms with Crippen molar-refractivity contribution in [3.05, 3.63) is 16.9 Å². The Balaban J connectivity index is 1.82. The number of aromatic nitrogens is 3. The molecule has 1 saturated heterocycles. The minimum atomic E-state index is 0.348. The number of nitrogens with one attached hydrogen (secondary N) is 1. The van der Waals surface area contributed by atoms with Crippen molar-refractivity contribution in [2.75, 3.05) is 13.7 Å². The number of aryl methyl sites for hydroxylation is 1. The number of nitrogens with zero attached hydrogens (tertiary/aromatic N) is 2. The third kappa shape index (κ3) is 2.71. The van der Waals surface area contributed by atoms with Crippen LogP contribution in [-0.2, 0) is 11.3 Å². The maximum absolute atomic E-state index is 5.77. The summed E-state index contributed by atoms with van der Waals surface area (Å²) in [5.74, 6) is 0.606. The predicted octanol–water partition coefficient (Wildman–Crippen LogP) is 3.06. The van der Waals surface area contributed by atoms with Crippen LogP contribution < -0.4 is 4.74 Å². The van der Waals surface area contributed by atoms with Crippen LogP contribution in [-0.4, -0.2) is 34.4 Å². The molecule has 108 valence electrons. The van der Waals surface area contributed by atoms with E-state index in [-0.39, 0.29) is 0 Å². The highest BCUT2D eigenvalue weighted by atomic mass is 32.1. The van der Waals surface area contributed by atoms with E-state index in [4.69, 9.17) is 21.7 Å². The van der Waals surface area contributed by atoms with E-state index in [9.17, 15) is 0 Å². The van der Waals surface area contributed by atoms with E-state index in [1.807, 2.05) is 16.7 Å². The van der Waals surface area contributed by atoms with Gasteiger partial charge in [0.1, 0.15) is 0 Å². The summed E-state index contributed by atoms with van der Waals surface area (Å²) in [6.07, 6.45) is 4.91. The van der Waals surface area contributed by atoms with Gasteiger partial charge in [-0.2, -0.15) is 4.98 Å². The number of aromatic amines is 1. The van der Waals surface area contributed by atoms with E-state index in [2.05, 4.69) is 9.97 Å². The summed E-state index contributed by atoms with van der Waals surface area (Å²) in [7, 11) is 1.62. The van der Waals surface area contributed by atoms with Crippen LogP contribution in [0.5, 0.6) is 5.88 Å². The highest BCUT2D eigenvalue weighted by Crippen LogP contribution is 2.20. The average Bonchev–Trinajstić information content (AvgIpc) is 2.80. The Hall–Kier alpha value is -1.40. The molecule has 1 atom stereocenters. The van der Waals surface area contributed by atoms with Gasteiger partial charge in [0.05, 0.1) is 18.7 Å². The van der Waals surface area contributed by atoms with Crippen molar-refractivity contribution in [3.8, 4) is 5.88 Å². The molecule has 1 aliphatic heterocycles. The molecule has 1 fully saturated rings. The largest absolute Gasteiger partial charge is 0.481 e. The van der Waals surface area contributed by atoms with Gasteiger partial charge in [0.25, 0.3) is 0 Å². The van der Waals surface area contributed by atoms with Crippen molar-refractivity contribution >= 4 is 23.4 Å². The molecule has 0 bridgehead atoms. The highest BCUT2D eigenvalue weighted by molar-refractivity contribution is 7.71. The maximum atomic E-state index is 5.77. The van der Waals surface area contributed by atoms with Gasteiger partial charge < -0.3 is 19.0 Å². The van der Waals surface area contributed by atoms with Crippen LogP contribution in [0.15, 0.2) is 12.1 Å². The maximum Gasteiger partial charge on any atom is 0.215 e. The van der Waals surface area contributed by atoms with Crippen LogP contribution >= 0.6 is 12.2 Å². The standard InChI is InChI=1S/C14H19N3O2S/c1-18-12-6-5-11-13(16-12)17(14(20)15-11)8-7-10-4-2-3-9-19-10/h5-6,10H,2-4,7-9H2,1H3,(H,15,20). The van der Waals surface area contributed by atoms with Crippen molar-refractivity contribution in [2.45, 2.75) is 38.3 Å². The van der Waals surface area contributed by atoms with Crippen LogP contribution in [0.25, 0.3) is 11.2 Å². The second-order valence-electron chi connectivity index (χ2n) is 5.08. The third-order valence-corrected chi connectivity index (χ3v) is 4.07. The number of hydrogen-bond donors (Lipinski definition) is 1. The van der Waals surface area contributed by atoms with Crippen molar-refractivity contribution in [3.63, 3.8) is 0 Å². The Morgan fingerprint density at radius 2 is 2.40 bits per heavy atom. The molecule has 5 nitrogen and oxygen atoms in total. The summed E-state index contributed by atoms with van der Waals surface area (Å²) in [5.41, 5.74) is 1.80. The fourth-order valence-electron chi connectivity index (χ4n) is 2.64. The average molecular weight is 293 g/mol. The van der Waals surface area contributed by atoms with Crippen molar-refractivity contribution in [1.82, 2.24) is 14.5 Å². The van der Waals surface area contributed by atoms with Crippen LogP contribution in [0.4, 0.5) is 0 Å². The van der Waals surface area contributed by atoms with Crippen molar-refractivity contribution in [1.29, 1.82) is 0 Å². The fraction of sp³-hybridized carbons (Fsp3) is 0.571. The number of fused-ring (bicyclic) bond motifs is 1. The van der Waals surface area contributed by atoms with E-state index in [1.54, 1.807) is 7.11 Å². The molecule has 3 heterocycles. The zero-order chi connectivity index (χ0) is 13.9. The molecular formula is C14H19N3O2S. The van der Waals surface area contributed by atoms with E-state index >= 15 is 0 Å². The summed E-state index contributed by atoms with van der Waals surface area (Å²) in [6, 6.07) is 3.78. The summed E-state index contributed by atoms with van der Waals surface area (Å²) in [5, 5.41) is 0. The van der Waals surface area contributed by atoms with Crippen LogP contribution in [0.3, 0.4) is 0 Å². The minimum absolute atomic E-state index is 0.348. The molecule has 6 heteroatoms. The smallest absolute Gasteiger partial charge is 0.215 e. The number of ether oxygens (including phenoxy) is 2. The third-order valence-electron chi connectivity index (χ3n) is 3.75. The quantitative estimate of drug-likeness (QED) is 0.880. The van der Waals surface area contributed by atoms with Crippen LogP contribution in [0.2, 0.25) is 0 Å². The number of H-pyrrole nitrogens is 1. The van der Waals surface area contributed by atoms with Gasteiger partial charge in [-0.3, -0.25) is 0 Å². The van der Waals surface area contributed by atoms with E-state index in [0.717, 1.165) is 37.2 Å². The topological polar surface area (TPSA) is 52.1 Å². The fourth-order valence-corrected chi connectivity index (χ4v) is 2.93. The van der Waals surface area contributed by atoms with Crippen LogP contribution in [0, 0.1) is 4.77 Å². The predicted molar refractivity (Wildman–Crippen MR) is 79.7 cm³/mol. The lowest BCUT2D eigenvalue weighted by molar-refractivity contribution is 0.00890. The Morgan fingerprint density at radius 3 is 3.15 bits per heavy atom. The summed E-state index contributed by atoms with van der Waals surface area (Å²) in [4.78, 5) is 7.67. The van der Waals surface area contributed by atoms with Gasteiger partial charge in [-0.15, -0.1) is 0 Å². The summed E-state index contributed by atoms with van der Waals surface area (Å²) >= 11 is 5.39. The number of pyridine rings is 1. The molecule has 2 aromatic rings. The van der Waals surface area contributed by atoms with Gasteiger partial charge in [-0.1, -0.05) is 0 Å². The molecule has 0 aliphatic carbocycles. The monoisotopic (exact) mass is 293 g/mol. The summed E-state index contributed by atoms with van der Waals surface area (Å²) in [6.45, 7) is 1.71. The molecule has 2 aromatic heterocycles. The molecule has 0 aromatic carbocycles. The molecule has 1 aliphatic rings. The molecule has 1 N–H and O–H groups in total. The minimum Gasteiger partial charge on any atom is -0.481 e. The first-order valence-corrected chi connectivity index (χ1v) is 7.44. The first-order valence-electron chi connectivity index (χ1n) is 7.03. The van der Waals surface area contributed by atoms with E-state index in [1.165, 1.54) is 12.8 Å². The van der Waals surface area contributed by atoms with Gasteiger partial charge in [0.2, 0.25) is 5.88 Å². The van der Waals surface area contributed by atoms with Gasteiger partial charge in [-0.05, 0) is 44.0 Å². The molecule has 0 radical (unpaired) electrons. The van der Waals surface area contributed by atoms with Gasteiger partial charge >= 0.3 is 0 Å². The zero-order valence-electron chi connectivity index (χ0n) is 11.6. The molecule has 0 amide bonds. The zero-order valence-corrected chi connectivity index (χ0v) is 12.4. The van der Waals surface area contributed by atoms with E-state index in [0.29, 0.717) is 16.8 Å². The van der Waals surface area contributed by atoms with Gasteiger partial charge in [-0.25, -0.2) is 0 Å². The molecule has 0 saturated carbocycles. The first kappa shape index (κ1) is 13.6. The second-order valence-corrected chi connectivity index (χ2v) is 5.47.